The van der Waals surface area contributed by atoms with Crippen LogP contribution in [0.5, 0.6) is 0 Å². The van der Waals surface area contributed by atoms with Crippen LogP contribution in [0.3, 0.4) is 0 Å². The average molecular weight is 312 g/mol. The van der Waals surface area contributed by atoms with Crippen LogP contribution in [0.2, 0.25) is 0 Å². The molecule has 0 saturated carbocycles. The van der Waals surface area contributed by atoms with E-state index >= 15 is 0 Å². The molecule has 0 amide bonds. The molecule has 120 valence electrons. The van der Waals surface area contributed by atoms with Crippen LogP contribution in [0, 0.1) is 6.92 Å². The zero-order chi connectivity index (χ0) is 16.8. The summed E-state index contributed by atoms with van der Waals surface area (Å²) in [6.45, 7) is 5.35. The Labute approximate surface area is 136 Å². The first kappa shape index (κ1) is 16.7. The van der Waals surface area contributed by atoms with E-state index in [-0.39, 0.29) is 0 Å². The van der Waals surface area contributed by atoms with Gasteiger partial charge in [0, 0.05) is 0 Å². The first-order chi connectivity index (χ1) is 11.0. The van der Waals surface area contributed by atoms with Crippen molar-refractivity contribution in [1.29, 1.82) is 0 Å². The van der Waals surface area contributed by atoms with Crippen LogP contribution in [0.25, 0.3) is 0 Å². The number of hydrogen-bond acceptors (Lipinski definition) is 4. The lowest BCUT2D eigenvalue weighted by atomic mass is 10.1. The van der Waals surface area contributed by atoms with Crippen molar-refractivity contribution in [3.63, 3.8) is 0 Å². The molecule has 0 aliphatic carbocycles. The second kappa shape index (κ2) is 7.58. The second-order valence-electron chi connectivity index (χ2n) is 5.45. The number of hydrogen-bond donors (Lipinski definition) is 0. The van der Waals surface area contributed by atoms with Gasteiger partial charge >= 0.3 is 11.9 Å². The third-order valence-electron chi connectivity index (χ3n) is 3.54. The van der Waals surface area contributed by atoms with Gasteiger partial charge in [0.25, 0.3) is 0 Å². The summed E-state index contributed by atoms with van der Waals surface area (Å²) in [6, 6.07) is 15.8. The molecule has 4 heteroatoms. The van der Waals surface area contributed by atoms with Crippen LogP contribution >= 0.6 is 0 Å². The summed E-state index contributed by atoms with van der Waals surface area (Å²) in [7, 11) is 0. The Kier molecular flexibility index (Phi) is 5.52. The molecule has 0 radical (unpaired) electrons. The van der Waals surface area contributed by atoms with Crippen LogP contribution in [0.4, 0.5) is 0 Å². The summed E-state index contributed by atoms with van der Waals surface area (Å²) in [5.41, 5.74) is 2.01. The van der Waals surface area contributed by atoms with Crippen LogP contribution in [0.1, 0.15) is 40.1 Å². The Morgan fingerprint density at radius 3 is 1.65 bits per heavy atom. The number of carbonyl (C=O) groups is 2. The maximum absolute atomic E-state index is 12.1. The van der Waals surface area contributed by atoms with Gasteiger partial charge in [0.2, 0.25) is 0 Å². The number of esters is 2. The molecule has 0 bridgehead atoms. The molecule has 0 aromatic heterocycles. The first-order valence-corrected chi connectivity index (χ1v) is 7.51. The number of rotatable bonds is 5. The van der Waals surface area contributed by atoms with Gasteiger partial charge in [-0.15, -0.1) is 0 Å². The van der Waals surface area contributed by atoms with Gasteiger partial charge in [-0.2, -0.15) is 0 Å². The normalized spacial score (nSPS) is 13.0. The van der Waals surface area contributed by atoms with Crippen LogP contribution in [0.15, 0.2) is 54.6 Å². The van der Waals surface area contributed by atoms with E-state index in [1.807, 2.05) is 25.1 Å². The maximum atomic E-state index is 12.1. The highest BCUT2D eigenvalue weighted by molar-refractivity contribution is 5.90. The van der Waals surface area contributed by atoms with E-state index in [0.29, 0.717) is 11.1 Å². The van der Waals surface area contributed by atoms with Crippen LogP contribution < -0.4 is 0 Å². The second-order valence-corrected chi connectivity index (χ2v) is 5.45. The molecule has 0 N–H and O–H groups in total. The number of carbonyl (C=O) groups excluding carboxylic acids is 2. The van der Waals surface area contributed by atoms with Crippen molar-refractivity contribution >= 4 is 11.9 Å². The third kappa shape index (κ3) is 4.68. The highest BCUT2D eigenvalue weighted by Crippen LogP contribution is 2.12. The predicted octanol–water partition coefficient (Wildman–Crippen LogP) is 3.79. The molecule has 0 aliphatic rings. The highest BCUT2D eigenvalue weighted by Gasteiger charge is 2.22. The van der Waals surface area contributed by atoms with Crippen LogP contribution in [-0.2, 0) is 9.47 Å². The van der Waals surface area contributed by atoms with Crippen molar-refractivity contribution in [2.75, 3.05) is 0 Å². The minimum atomic E-state index is -0.545. The van der Waals surface area contributed by atoms with Gasteiger partial charge in [-0.3, -0.25) is 0 Å². The topological polar surface area (TPSA) is 52.6 Å². The predicted molar refractivity (Wildman–Crippen MR) is 87.4 cm³/mol. The van der Waals surface area contributed by atoms with Crippen molar-refractivity contribution in [2.45, 2.75) is 33.0 Å². The monoisotopic (exact) mass is 312 g/mol. The van der Waals surface area contributed by atoms with Gasteiger partial charge in [0.15, 0.2) is 0 Å². The molecular weight excluding hydrogens is 292 g/mol. The SMILES string of the molecule is Cc1ccc(C(=O)OC(C)C(C)OC(=O)c2ccccc2)cc1. The molecule has 23 heavy (non-hydrogen) atoms. The largest absolute Gasteiger partial charge is 0.455 e. The number of ether oxygens (including phenoxy) is 2. The van der Waals surface area contributed by atoms with E-state index in [0.717, 1.165) is 5.56 Å². The average Bonchev–Trinajstić information content (AvgIpc) is 2.56. The fourth-order valence-corrected chi connectivity index (χ4v) is 1.93. The molecule has 2 aromatic rings. The summed E-state index contributed by atoms with van der Waals surface area (Å²) >= 11 is 0. The molecule has 2 unspecified atom stereocenters. The third-order valence-corrected chi connectivity index (χ3v) is 3.54. The lowest BCUT2D eigenvalue weighted by Crippen LogP contribution is -2.30. The summed E-state index contributed by atoms with van der Waals surface area (Å²) in [5, 5.41) is 0. The van der Waals surface area contributed by atoms with Crippen LogP contribution in [-0.4, -0.2) is 24.1 Å². The van der Waals surface area contributed by atoms with Gasteiger partial charge in [0.05, 0.1) is 11.1 Å². The zero-order valence-electron chi connectivity index (χ0n) is 13.5. The van der Waals surface area contributed by atoms with Crippen molar-refractivity contribution < 1.29 is 19.1 Å². The van der Waals surface area contributed by atoms with E-state index in [1.54, 1.807) is 50.2 Å². The van der Waals surface area contributed by atoms with Crippen molar-refractivity contribution in [1.82, 2.24) is 0 Å². The highest BCUT2D eigenvalue weighted by atomic mass is 16.6. The van der Waals surface area contributed by atoms with E-state index < -0.39 is 24.1 Å². The van der Waals surface area contributed by atoms with Crippen molar-refractivity contribution in [3.8, 4) is 0 Å². The van der Waals surface area contributed by atoms with Gasteiger partial charge in [-0.25, -0.2) is 9.59 Å². The molecule has 0 spiro atoms. The molecule has 2 aromatic carbocycles. The Bertz CT molecular complexity index is 662. The Hall–Kier alpha value is -2.62. The van der Waals surface area contributed by atoms with Crippen molar-refractivity contribution in [3.05, 3.63) is 71.3 Å². The summed E-state index contributed by atoms with van der Waals surface area (Å²) in [5.74, 6) is -0.864. The minimum Gasteiger partial charge on any atom is -0.455 e. The number of aryl methyl sites for hydroxylation is 1. The summed E-state index contributed by atoms with van der Waals surface area (Å²) in [6.07, 6.45) is -1.09. The van der Waals surface area contributed by atoms with E-state index in [4.69, 9.17) is 9.47 Å². The Balaban J connectivity index is 1.92. The van der Waals surface area contributed by atoms with Gasteiger partial charge in [-0.05, 0) is 45.0 Å². The van der Waals surface area contributed by atoms with E-state index in [2.05, 4.69) is 0 Å². The summed E-state index contributed by atoms with van der Waals surface area (Å²) < 4.78 is 10.7. The molecule has 4 nitrogen and oxygen atoms in total. The standard InChI is InChI=1S/C19H20O4/c1-13-9-11-17(12-10-13)19(21)23-15(3)14(2)22-18(20)16-7-5-4-6-8-16/h4-12,14-15H,1-3H3. The van der Waals surface area contributed by atoms with Gasteiger partial charge in [-0.1, -0.05) is 35.9 Å². The van der Waals surface area contributed by atoms with Crippen molar-refractivity contribution in [2.24, 2.45) is 0 Å². The lowest BCUT2D eigenvalue weighted by molar-refractivity contribution is -0.0239. The van der Waals surface area contributed by atoms with Gasteiger partial charge in [0.1, 0.15) is 12.2 Å². The van der Waals surface area contributed by atoms with Gasteiger partial charge < -0.3 is 9.47 Å². The first-order valence-electron chi connectivity index (χ1n) is 7.51. The number of benzene rings is 2. The smallest absolute Gasteiger partial charge is 0.338 e. The fourth-order valence-electron chi connectivity index (χ4n) is 1.93. The zero-order valence-corrected chi connectivity index (χ0v) is 13.5. The molecule has 0 saturated heterocycles. The van der Waals surface area contributed by atoms with E-state index in [9.17, 15) is 9.59 Å². The molecule has 2 rings (SSSR count). The quantitative estimate of drug-likeness (QED) is 0.788. The lowest BCUT2D eigenvalue weighted by Gasteiger charge is -2.21. The Morgan fingerprint density at radius 1 is 0.739 bits per heavy atom. The molecular formula is C19H20O4. The maximum Gasteiger partial charge on any atom is 0.338 e. The molecule has 0 aliphatic heterocycles. The van der Waals surface area contributed by atoms with E-state index in [1.165, 1.54) is 0 Å². The minimum absolute atomic E-state index is 0.430. The fraction of sp³-hybridized carbons (Fsp3) is 0.263. The summed E-state index contributed by atoms with van der Waals surface area (Å²) in [4.78, 5) is 24.1. The molecule has 0 heterocycles. The Morgan fingerprint density at radius 2 is 1.17 bits per heavy atom. The molecule has 2 atom stereocenters. The molecule has 0 fully saturated rings.